The molecule has 0 saturated carbocycles. The number of amides is 10. The van der Waals surface area contributed by atoms with Gasteiger partial charge in [0.1, 0.15) is 48.3 Å². The molecule has 3 aliphatic rings. The van der Waals surface area contributed by atoms with Gasteiger partial charge in [-0.1, -0.05) is 123 Å². The molecule has 580 valence electrons. The van der Waals surface area contributed by atoms with Gasteiger partial charge in [-0.2, -0.15) is 0 Å². The molecule has 8 bridgehead atoms. The van der Waals surface area contributed by atoms with Crippen LogP contribution in [0.5, 0.6) is 0 Å². The number of aliphatic carboxylic acids is 2. The maximum atomic E-state index is 15.1. The van der Waals surface area contributed by atoms with Crippen molar-refractivity contribution in [1.29, 1.82) is 0 Å². The topological polar surface area (TPSA) is 433 Å². The van der Waals surface area contributed by atoms with E-state index in [9.17, 15) is 58.2 Å². The zero-order chi connectivity index (χ0) is 77.9. The molecule has 0 unspecified atom stereocenters. The summed E-state index contributed by atoms with van der Waals surface area (Å²) in [6.07, 6.45) is 4.05. The molecule has 2 aromatic heterocycles. The highest BCUT2D eigenvalue weighted by atomic mass is 16.4. The summed E-state index contributed by atoms with van der Waals surface area (Å²) in [4.78, 5) is 171. The van der Waals surface area contributed by atoms with Crippen molar-refractivity contribution in [2.45, 2.75) is 204 Å². The second-order valence-electron chi connectivity index (χ2n) is 29.0. The number of aromatic nitrogens is 6. The van der Waals surface area contributed by atoms with Gasteiger partial charge in [0.2, 0.25) is 59.1 Å². The van der Waals surface area contributed by atoms with E-state index in [1.165, 1.54) is 19.2 Å². The molecule has 10 amide bonds. The van der Waals surface area contributed by atoms with Gasteiger partial charge in [-0.15, -0.1) is 10.2 Å². The summed E-state index contributed by atoms with van der Waals surface area (Å²) in [5, 5.41) is 70.2. The predicted molar refractivity (Wildman–Crippen MR) is 398 cm³/mol. The molecule has 2 saturated heterocycles. The van der Waals surface area contributed by atoms with Gasteiger partial charge in [0.05, 0.1) is 35.6 Å². The van der Waals surface area contributed by atoms with Crippen LogP contribution in [0, 0.1) is 11.8 Å². The molecule has 6 aromatic rings. The normalized spacial score (nSPS) is 22.8. The van der Waals surface area contributed by atoms with E-state index in [0.29, 0.717) is 35.4 Å². The zero-order valence-corrected chi connectivity index (χ0v) is 62.4. The van der Waals surface area contributed by atoms with Gasteiger partial charge in [-0.3, -0.25) is 47.9 Å². The minimum absolute atomic E-state index is 0.0369. The lowest BCUT2D eigenvalue weighted by Gasteiger charge is -2.32. The number of fused-ring (bicyclic) bond motifs is 12. The van der Waals surface area contributed by atoms with Gasteiger partial charge in [-0.25, -0.2) is 19.0 Å². The van der Waals surface area contributed by atoms with E-state index < -0.39 is 144 Å². The van der Waals surface area contributed by atoms with Crippen LogP contribution in [0.2, 0.25) is 0 Å². The van der Waals surface area contributed by atoms with E-state index in [0.717, 1.165) is 21.5 Å². The van der Waals surface area contributed by atoms with Gasteiger partial charge in [0.15, 0.2) is 0 Å². The van der Waals surface area contributed by atoms with E-state index in [1.54, 1.807) is 80.2 Å². The van der Waals surface area contributed by atoms with Crippen molar-refractivity contribution in [2.75, 3.05) is 40.3 Å². The maximum absolute atomic E-state index is 15.1. The Labute approximate surface area is 626 Å². The van der Waals surface area contributed by atoms with Crippen LogP contribution in [0.1, 0.15) is 140 Å². The third kappa shape index (κ3) is 21.7. The fraction of sp³-hybridized carbons (Fsp3) is 0.526. The van der Waals surface area contributed by atoms with E-state index in [2.05, 4.69) is 73.8 Å². The number of nitrogens with one attached hydrogen (secondary N) is 10. The summed E-state index contributed by atoms with van der Waals surface area (Å²) in [5.41, 5.74) is 2.07. The summed E-state index contributed by atoms with van der Waals surface area (Å²) in [6.45, 7) is 10.4. The largest absolute Gasteiger partial charge is 0.480 e. The Balaban J connectivity index is 0.972. The average molecular weight is 1490 g/mol. The smallest absolute Gasteiger partial charge is 0.326 e. The molecule has 3 aliphatic heterocycles. The molecule has 5 heterocycles. The highest BCUT2D eigenvalue weighted by molar-refractivity contribution is 5.98. The quantitative estimate of drug-likeness (QED) is 0.0656. The maximum Gasteiger partial charge on any atom is 0.326 e. The first-order chi connectivity index (χ1) is 51.7. The lowest BCUT2D eigenvalue weighted by atomic mass is 9.99. The van der Waals surface area contributed by atoms with Gasteiger partial charge in [0, 0.05) is 89.9 Å². The number of carbonyl (C=O) groups is 12. The van der Waals surface area contributed by atoms with Crippen LogP contribution in [-0.4, -0.2) is 222 Å². The van der Waals surface area contributed by atoms with E-state index in [1.807, 2.05) is 72.8 Å². The Morgan fingerprint density at radius 1 is 0.491 bits per heavy atom. The predicted octanol–water partition coefficient (Wildman–Crippen LogP) is 1.70. The number of carbonyl (C=O) groups excluding carboxylic acids is 10. The second kappa shape index (κ2) is 38.2. The van der Waals surface area contributed by atoms with Crippen LogP contribution in [0.4, 0.5) is 0 Å². The first-order valence-corrected chi connectivity index (χ1v) is 37.2. The molecule has 32 heteroatoms. The number of hydrogen-bond donors (Lipinski definition) is 12. The number of hydrogen-bond acceptors (Lipinski definition) is 18. The van der Waals surface area contributed by atoms with Crippen LogP contribution < -0.4 is 53.2 Å². The van der Waals surface area contributed by atoms with Crippen molar-refractivity contribution in [3.8, 4) is 0 Å². The number of likely N-dealkylation sites (N-methyl/N-ethyl adjacent to an activating group) is 2. The second-order valence-corrected chi connectivity index (χ2v) is 29.0. The van der Waals surface area contributed by atoms with Crippen LogP contribution in [0.3, 0.4) is 0 Å². The minimum Gasteiger partial charge on any atom is -0.480 e. The third-order valence-electron chi connectivity index (χ3n) is 20.4. The summed E-state index contributed by atoms with van der Waals surface area (Å²) in [6, 6.07) is 13.1. The molecule has 4 aromatic carbocycles. The van der Waals surface area contributed by atoms with Crippen LogP contribution in [0.15, 0.2) is 97.3 Å². The van der Waals surface area contributed by atoms with Crippen molar-refractivity contribution in [3.63, 3.8) is 0 Å². The van der Waals surface area contributed by atoms with Crippen molar-refractivity contribution in [3.05, 3.63) is 120 Å². The standard InChI is InChI=1S/C76H102N18O14/c1-43(2)65(85-67(97)45(5)77-7)73(103)91-41-55-37-61(91)71(101)83-59(35-47-23-25-49-17-9-11-19-51(49)33-47)69(99)81-57(75(105)106)21-13-15-32-80-64(96)30-28-54-40-94(90-88-54)56-38-62(92(42-56)74(104)66(44(3)4)86-68(98)46(6)78-8)72(102)84-60(36-48-24-26-50-18-10-12-20-52(50)34-48)70(100)82-58(76(107)108)22-14-16-31-79-63(95)29-27-53-39-93(55)89-87-53/h9-12,17-20,23-26,33-34,39-40,43-46,55-62,65-66,77-78H,13-16,21-22,27-32,35-38,41-42H2,1-8H3,(H,79,95)(H,80,96)(H,81,99)(H,82,100)(H,83,101)(H,84,102)(H,85,97)(H,86,98)(H,105,106)(H,107,108)/t45-,46-,55-,56-,57-,58-,59-,60-,61-,62-,65-,66-/m0/s1. The lowest BCUT2D eigenvalue weighted by Crippen LogP contribution is -2.59. The molecular formula is C76H102N18O14. The van der Waals surface area contributed by atoms with E-state index in [4.69, 9.17) is 0 Å². The monoisotopic (exact) mass is 1490 g/mol. The summed E-state index contributed by atoms with van der Waals surface area (Å²) in [7, 11) is 3.20. The first-order valence-electron chi connectivity index (χ1n) is 37.2. The molecule has 12 N–H and O–H groups in total. The van der Waals surface area contributed by atoms with Crippen LogP contribution in [0.25, 0.3) is 21.5 Å². The first kappa shape index (κ1) is 81.3. The molecule has 32 nitrogen and oxygen atoms in total. The Morgan fingerprint density at radius 3 is 1.23 bits per heavy atom. The Kier molecular flexibility index (Phi) is 28.7. The van der Waals surface area contributed by atoms with Crippen molar-refractivity contribution < 1.29 is 67.7 Å². The molecule has 0 radical (unpaired) electrons. The van der Waals surface area contributed by atoms with Gasteiger partial charge in [-0.05, 0) is 111 Å². The van der Waals surface area contributed by atoms with Crippen molar-refractivity contribution in [2.24, 2.45) is 11.8 Å². The molecule has 0 aliphatic carbocycles. The van der Waals surface area contributed by atoms with Gasteiger partial charge in [0.25, 0.3) is 0 Å². The van der Waals surface area contributed by atoms with E-state index >= 15 is 9.59 Å². The van der Waals surface area contributed by atoms with Crippen molar-refractivity contribution >= 4 is 92.6 Å². The number of likely N-dealkylation sites (tertiary alicyclic amines) is 2. The minimum atomic E-state index is -1.43. The van der Waals surface area contributed by atoms with Crippen LogP contribution >= 0.6 is 0 Å². The summed E-state index contributed by atoms with van der Waals surface area (Å²) >= 11 is 0. The number of carboxylic acid groups (broad SMARTS) is 2. The van der Waals surface area contributed by atoms with Crippen molar-refractivity contribution in [1.82, 2.24) is 93.0 Å². The lowest BCUT2D eigenvalue weighted by molar-refractivity contribution is -0.144. The highest BCUT2D eigenvalue weighted by Crippen LogP contribution is 2.32. The van der Waals surface area contributed by atoms with Gasteiger partial charge >= 0.3 is 11.9 Å². The Morgan fingerprint density at radius 2 is 0.870 bits per heavy atom. The fourth-order valence-corrected chi connectivity index (χ4v) is 13.7. The number of aryl methyl sites for hydroxylation is 2. The summed E-state index contributed by atoms with van der Waals surface area (Å²) in [5.74, 6) is -9.49. The molecule has 12 atom stereocenters. The van der Waals surface area contributed by atoms with E-state index in [-0.39, 0.29) is 115 Å². The Hall–Kier alpha value is -10.8. The number of carboxylic acids is 2. The molecule has 9 rings (SSSR count). The molecule has 108 heavy (non-hydrogen) atoms. The number of rotatable bonds is 16. The fourth-order valence-electron chi connectivity index (χ4n) is 13.7. The highest BCUT2D eigenvalue weighted by Gasteiger charge is 2.47. The average Bonchev–Trinajstić information content (AvgIpc) is 1.70. The zero-order valence-electron chi connectivity index (χ0n) is 62.4. The third-order valence-corrected chi connectivity index (χ3v) is 20.4. The number of nitrogens with zero attached hydrogens (tertiary/aromatic N) is 8. The molecule has 2 fully saturated rings. The molecule has 0 spiro atoms. The van der Waals surface area contributed by atoms with Crippen LogP contribution in [-0.2, 0) is 83.2 Å². The Bertz CT molecular complexity index is 3960. The van der Waals surface area contributed by atoms with Gasteiger partial charge < -0.3 is 73.2 Å². The number of benzene rings is 4. The summed E-state index contributed by atoms with van der Waals surface area (Å²) < 4.78 is 3.00. The SMILES string of the molecule is CN[C@@H](C)C(=O)N[C@H](C(=O)N1C[C@@H]2C[C@H]1C(=O)N[C@@H](Cc1ccc3ccccc3c1)C(=O)N[C@H](C(=O)O)CCCCNC(=O)CCc1cn(nn1)[C@H]1C[C@@H](C(=O)N[C@@H](Cc3ccc4ccccc4c3)C(=O)N[C@H](C(=O)O)CCCCNC(=O)CCc3cn2nn3)N(C(=O)[C@@H](NC(=O)[C@H](C)NC)C(C)C)C1)C(C)C. The molecular weight excluding hydrogens is 1390 g/mol.